The number of nitrogens with zero attached hydrogens (tertiary/aromatic N) is 8. The number of fused-ring (bicyclic) bond motifs is 1. The second-order valence-electron chi connectivity index (χ2n) is 6.38. The first-order valence-electron chi connectivity index (χ1n) is 8.30. The van der Waals surface area contributed by atoms with E-state index in [2.05, 4.69) is 35.0 Å². The predicted molar refractivity (Wildman–Crippen MR) is 84.5 cm³/mol. The van der Waals surface area contributed by atoms with Gasteiger partial charge in [0.1, 0.15) is 6.33 Å². The van der Waals surface area contributed by atoms with Crippen LogP contribution in [0.15, 0.2) is 23.2 Å². The van der Waals surface area contributed by atoms with E-state index in [9.17, 15) is 0 Å². The SMILES string of the molecule is c1nc2cncc(N3CCN(Cc4noc(C5CC5)n4)CC3)n2n1. The van der Waals surface area contributed by atoms with Crippen LogP contribution in [0.2, 0.25) is 0 Å². The van der Waals surface area contributed by atoms with Crippen molar-refractivity contribution in [1.82, 2.24) is 34.6 Å². The van der Waals surface area contributed by atoms with Crippen LogP contribution in [0.25, 0.3) is 5.65 Å². The molecule has 0 bridgehead atoms. The number of rotatable bonds is 4. The van der Waals surface area contributed by atoms with Gasteiger partial charge in [-0.05, 0) is 12.8 Å². The van der Waals surface area contributed by atoms with E-state index >= 15 is 0 Å². The largest absolute Gasteiger partial charge is 0.353 e. The van der Waals surface area contributed by atoms with E-state index in [0.717, 1.165) is 55.9 Å². The van der Waals surface area contributed by atoms with Crippen molar-refractivity contribution in [3.05, 3.63) is 30.4 Å². The zero-order valence-corrected chi connectivity index (χ0v) is 13.2. The molecule has 9 heteroatoms. The van der Waals surface area contributed by atoms with E-state index in [1.165, 1.54) is 12.8 Å². The van der Waals surface area contributed by atoms with E-state index in [1.807, 2.05) is 10.7 Å². The average Bonchev–Trinajstić information content (AvgIpc) is 3.17. The lowest BCUT2D eigenvalue weighted by Gasteiger charge is -2.35. The van der Waals surface area contributed by atoms with Gasteiger partial charge in [0, 0.05) is 32.1 Å². The third kappa shape index (κ3) is 2.50. The molecule has 0 N–H and O–H groups in total. The molecule has 1 aliphatic carbocycles. The summed E-state index contributed by atoms with van der Waals surface area (Å²) in [4.78, 5) is 17.6. The fourth-order valence-corrected chi connectivity index (χ4v) is 3.12. The van der Waals surface area contributed by atoms with Crippen LogP contribution in [-0.2, 0) is 6.54 Å². The first-order chi connectivity index (χ1) is 11.9. The Balaban J connectivity index is 1.24. The lowest BCUT2D eigenvalue weighted by Crippen LogP contribution is -2.46. The summed E-state index contributed by atoms with van der Waals surface area (Å²) in [5.74, 6) is 3.11. The number of anilines is 1. The number of piperazine rings is 1. The van der Waals surface area contributed by atoms with Crippen molar-refractivity contribution < 1.29 is 4.52 Å². The summed E-state index contributed by atoms with van der Waals surface area (Å²) in [5.41, 5.74) is 0.773. The van der Waals surface area contributed by atoms with Crippen molar-refractivity contribution in [3.8, 4) is 0 Å². The maximum atomic E-state index is 5.33. The normalized spacial score (nSPS) is 19.2. The van der Waals surface area contributed by atoms with Crippen LogP contribution in [0.4, 0.5) is 5.82 Å². The quantitative estimate of drug-likeness (QED) is 0.692. The highest BCUT2D eigenvalue weighted by atomic mass is 16.5. The van der Waals surface area contributed by atoms with Gasteiger partial charge in [-0.3, -0.25) is 9.88 Å². The molecule has 9 nitrogen and oxygen atoms in total. The second-order valence-corrected chi connectivity index (χ2v) is 6.38. The smallest absolute Gasteiger partial charge is 0.229 e. The Hall–Kier alpha value is -2.55. The standard InChI is InChI=1S/C15H18N8O/c1-2-11(1)15-19-12(20-24-15)9-21-3-5-22(6-4-21)14-8-16-7-13-17-10-18-23(13)14/h7-8,10-11H,1-6,9H2. The third-order valence-corrected chi connectivity index (χ3v) is 4.64. The van der Waals surface area contributed by atoms with Crippen LogP contribution in [0.5, 0.6) is 0 Å². The molecular weight excluding hydrogens is 308 g/mol. The molecule has 0 spiro atoms. The summed E-state index contributed by atoms with van der Waals surface area (Å²) in [5, 5.41) is 8.39. The Morgan fingerprint density at radius 2 is 2.00 bits per heavy atom. The first-order valence-corrected chi connectivity index (χ1v) is 8.30. The molecule has 0 radical (unpaired) electrons. The molecule has 0 amide bonds. The Morgan fingerprint density at radius 1 is 1.12 bits per heavy atom. The van der Waals surface area contributed by atoms with Crippen LogP contribution in [0.3, 0.4) is 0 Å². The molecule has 1 saturated carbocycles. The van der Waals surface area contributed by atoms with Crippen LogP contribution in [0, 0.1) is 0 Å². The van der Waals surface area contributed by atoms with Crippen molar-refractivity contribution in [3.63, 3.8) is 0 Å². The van der Waals surface area contributed by atoms with Crippen molar-refractivity contribution in [2.45, 2.75) is 25.3 Å². The highest BCUT2D eigenvalue weighted by Crippen LogP contribution is 2.38. The van der Waals surface area contributed by atoms with E-state index < -0.39 is 0 Å². The number of hydrogen-bond acceptors (Lipinski definition) is 8. The summed E-state index contributed by atoms with van der Waals surface area (Å²) in [6.45, 7) is 4.45. The molecule has 0 atom stereocenters. The van der Waals surface area contributed by atoms with E-state index in [1.54, 1.807) is 12.5 Å². The minimum absolute atomic E-state index is 0.513. The van der Waals surface area contributed by atoms with Crippen LogP contribution < -0.4 is 4.90 Å². The fraction of sp³-hybridized carbons (Fsp3) is 0.533. The molecule has 1 saturated heterocycles. The Bertz CT molecular complexity index is 846. The molecule has 4 heterocycles. The zero-order valence-electron chi connectivity index (χ0n) is 13.2. The second kappa shape index (κ2) is 5.52. The summed E-state index contributed by atoms with van der Waals surface area (Å²) in [7, 11) is 0. The van der Waals surface area contributed by atoms with E-state index in [-0.39, 0.29) is 0 Å². The first kappa shape index (κ1) is 13.8. The molecule has 24 heavy (non-hydrogen) atoms. The van der Waals surface area contributed by atoms with Gasteiger partial charge in [0.05, 0.1) is 18.9 Å². The summed E-state index contributed by atoms with van der Waals surface area (Å²) in [6, 6.07) is 0. The topological polar surface area (TPSA) is 88.5 Å². The molecule has 0 aromatic carbocycles. The molecule has 2 fully saturated rings. The third-order valence-electron chi connectivity index (χ3n) is 4.64. The lowest BCUT2D eigenvalue weighted by molar-refractivity contribution is 0.239. The van der Waals surface area contributed by atoms with E-state index in [0.29, 0.717) is 5.92 Å². The minimum atomic E-state index is 0.513. The van der Waals surface area contributed by atoms with Crippen molar-refractivity contribution in [2.24, 2.45) is 0 Å². The summed E-state index contributed by atoms with van der Waals surface area (Å²) >= 11 is 0. The van der Waals surface area contributed by atoms with Gasteiger partial charge in [-0.1, -0.05) is 5.16 Å². The fourth-order valence-electron chi connectivity index (χ4n) is 3.12. The highest BCUT2D eigenvalue weighted by molar-refractivity contribution is 5.46. The van der Waals surface area contributed by atoms with Gasteiger partial charge in [0.25, 0.3) is 0 Å². The molecule has 2 aliphatic rings. The summed E-state index contributed by atoms with van der Waals surface area (Å²) < 4.78 is 7.17. The molecule has 3 aromatic rings. The van der Waals surface area contributed by atoms with Gasteiger partial charge in [0.15, 0.2) is 17.3 Å². The molecule has 5 rings (SSSR count). The monoisotopic (exact) mass is 326 g/mol. The Labute approximate surface area is 138 Å². The molecule has 1 aliphatic heterocycles. The van der Waals surface area contributed by atoms with Crippen molar-refractivity contribution in [1.29, 1.82) is 0 Å². The van der Waals surface area contributed by atoms with Gasteiger partial charge in [-0.2, -0.15) is 14.6 Å². The van der Waals surface area contributed by atoms with Crippen molar-refractivity contribution in [2.75, 3.05) is 31.1 Å². The van der Waals surface area contributed by atoms with Gasteiger partial charge in [0.2, 0.25) is 5.89 Å². The Kier molecular flexibility index (Phi) is 3.18. The van der Waals surface area contributed by atoms with Crippen LogP contribution >= 0.6 is 0 Å². The highest BCUT2D eigenvalue weighted by Gasteiger charge is 2.30. The number of aromatic nitrogens is 6. The maximum absolute atomic E-state index is 5.33. The zero-order chi connectivity index (χ0) is 15.9. The Morgan fingerprint density at radius 3 is 2.83 bits per heavy atom. The maximum Gasteiger partial charge on any atom is 0.229 e. The van der Waals surface area contributed by atoms with Crippen LogP contribution in [-0.4, -0.2) is 60.8 Å². The number of hydrogen-bond donors (Lipinski definition) is 0. The van der Waals surface area contributed by atoms with Gasteiger partial charge in [-0.25, -0.2) is 4.98 Å². The molecule has 0 unspecified atom stereocenters. The predicted octanol–water partition coefficient (Wildman–Crippen LogP) is 0.707. The van der Waals surface area contributed by atoms with Gasteiger partial charge in [-0.15, -0.1) is 0 Å². The van der Waals surface area contributed by atoms with E-state index in [4.69, 9.17) is 4.52 Å². The average molecular weight is 326 g/mol. The van der Waals surface area contributed by atoms with Crippen molar-refractivity contribution >= 4 is 11.5 Å². The molecular formula is C15H18N8O. The minimum Gasteiger partial charge on any atom is -0.353 e. The van der Waals surface area contributed by atoms with Crippen LogP contribution in [0.1, 0.15) is 30.5 Å². The van der Waals surface area contributed by atoms with Gasteiger partial charge >= 0.3 is 0 Å². The molecule has 124 valence electrons. The lowest BCUT2D eigenvalue weighted by atomic mass is 10.3. The van der Waals surface area contributed by atoms with Gasteiger partial charge < -0.3 is 9.42 Å². The molecule has 3 aromatic heterocycles. The summed E-state index contributed by atoms with van der Waals surface area (Å²) in [6.07, 6.45) is 7.49.